The van der Waals surface area contributed by atoms with E-state index in [9.17, 15) is 0 Å². The van der Waals surface area contributed by atoms with Gasteiger partial charge in [0, 0.05) is 18.2 Å². The molecule has 1 aliphatic heterocycles. The number of likely N-dealkylation sites (tertiary alicyclic amines) is 1. The second-order valence-corrected chi connectivity index (χ2v) is 7.35. The molecule has 1 aliphatic carbocycles. The molecule has 2 heterocycles. The van der Waals surface area contributed by atoms with Crippen molar-refractivity contribution in [2.24, 2.45) is 0 Å². The summed E-state index contributed by atoms with van der Waals surface area (Å²) >= 11 is 0. The lowest BCUT2D eigenvalue weighted by molar-refractivity contribution is 0.142. The Morgan fingerprint density at radius 2 is 2.04 bits per heavy atom. The van der Waals surface area contributed by atoms with Crippen molar-refractivity contribution >= 4 is 5.95 Å². The van der Waals surface area contributed by atoms with Crippen LogP contribution in [0.25, 0.3) is 0 Å². The van der Waals surface area contributed by atoms with Crippen LogP contribution in [-0.2, 0) is 18.3 Å². The predicted octanol–water partition coefficient (Wildman–Crippen LogP) is 2.97. The van der Waals surface area contributed by atoms with Crippen LogP contribution in [0.2, 0.25) is 0 Å². The van der Waals surface area contributed by atoms with Gasteiger partial charge >= 0.3 is 0 Å². The SMILES string of the molecule is Nc1ncc2c(n1)C1(CCCN(CCCc3ccccc3)C1)CC2. The van der Waals surface area contributed by atoms with Gasteiger partial charge in [-0.25, -0.2) is 9.97 Å². The molecular formula is C20H26N4. The van der Waals surface area contributed by atoms with Crippen LogP contribution in [0.15, 0.2) is 36.5 Å². The summed E-state index contributed by atoms with van der Waals surface area (Å²) in [6.07, 6.45) is 9.14. The Morgan fingerprint density at radius 3 is 2.92 bits per heavy atom. The van der Waals surface area contributed by atoms with E-state index in [1.165, 1.54) is 55.6 Å². The normalized spacial score (nSPS) is 23.5. The number of piperidine rings is 1. The van der Waals surface area contributed by atoms with Crippen LogP contribution < -0.4 is 5.73 Å². The summed E-state index contributed by atoms with van der Waals surface area (Å²) in [4.78, 5) is 11.5. The van der Waals surface area contributed by atoms with Crippen LogP contribution in [-0.4, -0.2) is 34.5 Å². The summed E-state index contributed by atoms with van der Waals surface area (Å²) < 4.78 is 0. The topological polar surface area (TPSA) is 55.0 Å². The third-order valence-corrected chi connectivity index (χ3v) is 5.70. The van der Waals surface area contributed by atoms with E-state index in [1.807, 2.05) is 6.20 Å². The van der Waals surface area contributed by atoms with E-state index >= 15 is 0 Å². The third-order valence-electron chi connectivity index (χ3n) is 5.70. The molecule has 4 heteroatoms. The lowest BCUT2D eigenvalue weighted by Crippen LogP contribution is -2.45. The highest BCUT2D eigenvalue weighted by atomic mass is 15.1. The second kappa shape index (κ2) is 6.52. The minimum absolute atomic E-state index is 0.220. The van der Waals surface area contributed by atoms with Gasteiger partial charge in [-0.15, -0.1) is 0 Å². The minimum atomic E-state index is 0.220. The highest BCUT2D eigenvalue weighted by Gasteiger charge is 2.43. The maximum atomic E-state index is 5.86. The fourth-order valence-electron chi connectivity index (χ4n) is 4.52. The molecule has 1 atom stereocenters. The number of hydrogen-bond acceptors (Lipinski definition) is 4. The van der Waals surface area contributed by atoms with Crippen molar-refractivity contribution in [3.8, 4) is 0 Å². The molecule has 1 aromatic heterocycles. The van der Waals surface area contributed by atoms with Gasteiger partial charge in [0.15, 0.2) is 0 Å². The van der Waals surface area contributed by atoms with E-state index in [1.54, 1.807) is 0 Å². The summed E-state index contributed by atoms with van der Waals surface area (Å²) in [5.41, 5.74) is 10.1. The van der Waals surface area contributed by atoms with Gasteiger partial charge < -0.3 is 10.6 Å². The number of nitrogens with two attached hydrogens (primary N) is 1. The number of anilines is 1. The van der Waals surface area contributed by atoms with Crippen LogP contribution in [0.5, 0.6) is 0 Å². The molecule has 126 valence electrons. The van der Waals surface area contributed by atoms with E-state index in [2.05, 4.69) is 45.2 Å². The van der Waals surface area contributed by atoms with Gasteiger partial charge in [-0.05, 0) is 62.7 Å². The van der Waals surface area contributed by atoms with Gasteiger partial charge in [-0.3, -0.25) is 0 Å². The Morgan fingerprint density at radius 1 is 1.17 bits per heavy atom. The van der Waals surface area contributed by atoms with E-state index in [-0.39, 0.29) is 5.41 Å². The predicted molar refractivity (Wildman–Crippen MR) is 96.9 cm³/mol. The number of nitrogens with zero attached hydrogens (tertiary/aromatic N) is 3. The summed E-state index contributed by atoms with van der Waals surface area (Å²) in [6, 6.07) is 10.8. The minimum Gasteiger partial charge on any atom is -0.368 e. The Hall–Kier alpha value is -1.94. The number of benzene rings is 1. The molecule has 4 rings (SSSR count). The Balaban J connectivity index is 1.41. The molecule has 2 N–H and O–H groups in total. The summed E-state index contributed by atoms with van der Waals surface area (Å²) in [7, 11) is 0. The standard InChI is InChI=1S/C20H26N4/c21-19-22-14-17-9-11-20(18(17)23-19)10-5-13-24(15-20)12-4-8-16-6-2-1-3-7-16/h1-3,6-7,14H,4-5,8-13,15H2,(H2,21,22,23). The number of aromatic nitrogens is 2. The highest BCUT2D eigenvalue weighted by molar-refractivity contribution is 5.37. The van der Waals surface area contributed by atoms with Crippen LogP contribution >= 0.6 is 0 Å². The summed E-state index contributed by atoms with van der Waals surface area (Å²) in [5.74, 6) is 0.427. The smallest absolute Gasteiger partial charge is 0.220 e. The molecule has 0 amide bonds. The van der Waals surface area contributed by atoms with Crippen molar-refractivity contribution < 1.29 is 0 Å². The van der Waals surface area contributed by atoms with E-state index in [0.29, 0.717) is 5.95 Å². The van der Waals surface area contributed by atoms with E-state index in [0.717, 1.165) is 19.4 Å². The molecule has 24 heavy (non-hydrogen) atoms. The molecule has 0 bridgehead atoms. The first kappa shape index (κ1) is 15.6. The zero-order valence-electron chi connectivity index (χ0n) is 14.2. The maximum absolute atomic E-state index is 5.86. The average molecular weight is 322 g/mol. The third kappa shape index (κ3) is 3.03. The van der Waals surface area contributed by atoms with E-state index < -0.39 is 0 Å². The maximum Gasteiger partial charge on any atom is 0.220 e. The molecule has 0 radical (unpaired) electrons. The number of rotatable bonds is 4. The first-order chi connectivity index (χ1) is 11.8. The van der Waals surface area contributed by atoms with Crippen LogP contribution in [0, 0.1) is 0 Å². The van der Waals surface area contributed by atoms with Crippen LogP contribution in [0.4, 0.5) is 5.95 Å². The first-order valence-electron chi connectivity index (χ1n) is 9.13. The summed E-state index contributed by atoms with van der Waals surface area (Å²) in [6.45, 7) is 3.52. The van der Waals surface area contributed by atoms with E-state index in [4.69, 9.17) is 5.73 Å². The van der Waals surface area contributed by atoms with Gasteiger partial charge in [-0.2, -0.15) is 0 Å². The van der Waals surface area contributed by atoms with Gasteiger partial charge in [0.05, 0.1) is 5.69 Å². The lowest BCUT2D eigenvalue weighted by atomic mass is 9.77. The Labute approximate surface area is 144 Å². The van der Waals surface area contributed by atoms with Gasteiger partial charge in [0.2, 0.25) is 5.95 Å². The average Bonchev–Trinajstić information content (AvgIpc) is 2.94. The number of nitrogen functional groups attached to an aromatic ring is 1. The molecule has 1 spiro atoms. The molecule has 1 aromatic carbocycles. The zero-order chi connectivity index (χ0) is 16.4. The molecular weight excluding hydrogens is 296 g/mol. The van der Waals surface area contributed by atoms with Crippen molar-refractivity contribution in [1.82, 2.24) is 14.9 Å². The Kier molecular flexibility index (Phi) is 4.23. The Bertz CT molecular complexity index is 696. The van der Waals surface area contributed by atoms with Gasteiger partial charge in [-0.1, -0.05) is 30.3 Å². The van der Waals surface area contributed by atoms with Crippen LogP contribution in [0.3, 0.4) is 0 Å². The molecule has 1 fully saturated rings. The zero-order valence-corrected chi connectivity index (χ0v) is 14.2. The lowest BCUT2D eigenvalue weighted by Gasteiger charge is -2.40. The van der Waals surface area contributed by atoms with Gasteiger partial charge in [0.1, 0.15) is 0 Å². The highest BCUT2D eigenvalue weighted by Crippen LogP contribution is 2.43. The first-order valence-corrected chi connectivity index (χ1v) is 9.13. The number of aryl methyl sites for hydroxylation is 2. The quantitative estimate of drug-likeness (QED) is 0.940. The van der Waals surface area contributed by atoms with Crippen molar-refractivity contribution in [1.29, 1.82) is 0 Å². The van der Waals surface area contributed by atoms with Gasteiger partial charge in [0.25, 0.3) is 0 Å². The molecule has 2 aliphatic rings. The largest absolute Gasteiger partial charge is 0.368 e. The monoisotopic (exact) mass is 322 g/mol. The molecule has 1 saturated heterocycles. The van der Waals surface area contributed by atoms with Crippen molar-refractivity contribution in [2.75, 3.05) is 25.4 Å². The van der Waals surface area contributed by atoms with Crippen LogP contribution in [0.1, 0.15) is 42.5 Å². The van der Waals surface area contributed by atoms with Crippen molar-refractivity contribution in [3.63, 3.8) is 0 Å². The fourth-order valence-corrected chi connectivity index (χ4v) is 4.52. The number of fused-ring (bicyclic) bond motifs is 2. The van der Waals surface area contributed by atoms with Crippen molar-refractivity contribution in [2.45, 2.75) is 43.9 Å². The molecule has 4 nitrogen and oxygen atoms in total. The number of hydrogen-bond donors (Lipinski definition) is 1. The molecule has 1 unspecified atom stereocenters. The summed E-state index contributed by atoms with van der Waals surface area (Å²) in [5, 5.41) is 0. The fraction of sp³-hybridized carbons (Fsp3) is 0.500. The molecule has 2 aromatic rings. The second-order valence-electron chi connectivity index (χ2n) is 7.35. The van der Waals surface area contributed by atoms with Crippen molar-refractivity contribution in [3.05, 3.63) is 53.3 Å². The molecule has 0 saturated carbocycles.